The third-order valence-electron chi connectivity index (χ3n) is 10.7. The summed E-state index contributed by atoms with van der Waals surface area (Å²) in [6, 6.07) is 17.2. The number of hydrogen-bond acceptors (Lipinski definition) is 8. The van der Waals surface area contributed by atoms with Crippen molar-refractivity contribution in [1.82, 2.24) is 4.90 Å². The number of nitrogens with zero attached hydrogens (tertiary/aromatic N) is 2. The molecule has 51 heavy (non-hydrogen) atoms. The van der Waals surface area contributed by atoms with Gasteiger partial charge in [-0.2, -0.15) is 0 Å². The molecule has 3 aromatic rings. The van der Waals surface area contributed by atoms with Gasteiger partial charge in [-0.25, -0.2) is 0 Å². The first-order valence-electron chi connectivity index (χ1n) is 16.6. The van der Waals surface area contributed by atoms with Crippen LogP contribution in [0, 0.1) is 17.8 Å². The number of ether oxygens (including phenoxy) is 3. The molecule has 3 fully saturated rings. The van der Waals surface area contributed by atoms with E-state index >= 15 is 0 Å². The van der Waals surface area contributed by atoms with Gasteiger partial charge in [0.2, 0.25) is 11.8 Å². The molecule has 2 aliphatic carbocycles. The van der Waals surface area contributed by atoms with Gasteiger partial charge >= 0.3 is 0 Å². The molecule has 10 nitrogen and oxygen atoms in total. The number of fused-ring (bicyclic) bond motifs is 4. The lowest BCUT2D eigenvalue weighted by molar-refractivity contribution is -0.138. The highest BCUT2D eigenvalue weighted by atomic mass is 35.5. The van der Waals surface area contributed by atoms with Crippen molar-refractivity contribution in [2.24, 2.45) is 17.8 Å². The van der Waals surface area contributed by atoms with Gasteiger partial charge in [0.25, 0.3) is 11.8 Å². The smallest absolute Gasteiger partial charge is 0.253 e. The van der Waals surface area contributed by atoms with E-state index < -0.39 is 51.1 Å². The Balaban J connectivity index is 1.23. The van der Waals surface area contributed by atoms with Crippen molar-refractivity contribution in [2.45, 2.75) is 35.4 Å². The van der Waals surface area contributed by atoms with Crippen LogP contribution in [0.3, 0.4) is 0 Å². The number of anilines is 1. The van der Waals surface area contributed by atoms with Crippen LogP contribution in [0.2, 0.25) is 0 Å². The van der Waals surface area contributed by atoms with E-state index in [9.17, 15) is 24.3 Å². The molecule has 2 saturated heterocycles. The highest BCUT2D eigenvalue weighted by Gasteiger charge is 2.76. The van der Waals surface area contributed by atoms with Crippen LogP contribution in [0.4, 0.5) is 5.69 Å². The van der Waals surface area contributed by atoms with Gasteiger partial charge in [0.1, 0.15) is 11.5 Å². The summed E-state index contributed by atoms with van der Waals surface area (Å²) in [6.45, 7) is 2.04. The maximum Gasteiger partial charge on any atom is 0.253 e. The Hall–Kier alpha value is -4.80. The largest absolute Gasteiger partial charge is 0.504 e. The Morgan fingerprint density at radius 1 is 0.882 bits per heavy atom. The van der Waals surface area contributed by atoms with Crippen LogP contribution < -0.4 is 19.1 Å². The number of benzene rings is 3. The first-order chi connectivity index (χ1) is 24.4. The second-order valence-corrected chi connectivity index (χ2v) is 14.4. The SMILES string of the molecule is CCOc1cc(C2C3=CCC4C(=O)N(c5ccc(C=Cc6cc(OC)ccc6OC)cc5)C(=O)C4C3CC3(Cl)C(=O)N(C)C(=O)C23Cl)ccc1O. The fourth-order valence-electron chi connectivity index (χ4n) is 8.24. The zero-order valence-electron chi connectivity index (χ0n) is 28.4. The number of imide groups is 2. The molecule has 2 aliphatic heterocycles. The maximum absolute atomic E-state index is 14.4. The van der Waals surface area contributed by atoms with Gasteiger partial charge in [0, 0.05) is 18.5 Å². The number of likely N-dealkylation sites (tertiary alicyclic amines) is 1. The number of carbonyl (C=O) groups is 4. The number of methoxy groups -OCH3 is 2. The Morgan fingerprint density at radius 3 is 2.31 bits per heavy atom. The predicted octanol–water partition coefficient (Wildman–Crippen LogP) is 6.17. The van der Waals surface area contributed by atoms with Gasteiger partial charge in [-0.3, -0.25) is 29.0 Å². The summed E-state index contributed by atoms with van der Waals surface area (Å²) < 4.78 is 16.5. The first kappa shape index (κ1) is 34.6. The van der Waals surface area contributed by atoms with Crippen LogP contribution in [-0.4, -0.2) is 71.3 Å². The minimum Gasteiger partial charge on any atom is -0.504 e. The zero-order chi connectivity index (χ0) is 36.4. The lowest BCUT2D eigenvalue weighted by atomic mass is 9.56. The van der Waals surface area contributed by atoms with E-state index in [1.807, 2.05) is 48.6 Å². The molecule has 6 atom stereocenters. The summed E-state index contributed by atoms with van der Waals surface area (Å²) >= 11 is 14.5. The molecule has 1 saturated carbocycles. The van der Waals surface area contributed by atoms with Gasteiger partial charge in [0.05, 0.1) is 38.3 Å². The maximum atomic E-state index is 14.4. The van der Waals surface area contributed by atoms with Crippen LogP contribution in [-0.2, 0) is 19.2 Å². The average Bonchev–Trinajstić information content (AvgIpc) is 3.46. The Bertz CT molecular complexity index is 2030. The molecular weight excluding hydrogens is 695 g/mol. The van der Waals surface area contributed by atoms with Gasteiger partial charge in [-0.1, -0.05) is 42.0 Å². The number of phenolic OH excluding ortho intramolecular Hbond substituents is 1. The molecule has 3 aromatic carbocycles. The van der Waals surface area contributed by atoms with Crippen LogP contribution in [0.5, 0.6) is 23.0 Å². The van der Waals surface area contributed by atoms with E-state index in [-0.39, 0.29) is 36.9 Å². The first-order valence-corrected chi connectivity index (χ1v) is 17.4. The van der Waals surface area contributed by atoms with Crippen molar-refractivity contribution in [3.05, 3.63) is 89.0 Å². The molecule has 0 spiro atoms. The van der Waals surface area contributed by atoms with E-state index in [2.05, 4.69) is 0 Å². The molecule has 6 unspecified atom stereocenters. The topological polar surface area (TPSA) is 123 Å². The average molecular weight is 732 g/mol. The molecule has 264 valence electrons. The van der Waals surface area contributed by atoms with Gasteiger partial charge in [0.15, 0.2) is 21.2 Å². The number of alkyl halides is 2. The molecule has 0 bridgehead atoms. The van der Waals surface area contributed by atoms with Crippen molar-refractivity contribution in [1.29, 1.82) is 0 Å². The Labute approximate surface area is 305 Å². The molecule has 4 amide bonds. The zero-order valence-corrected chi connectivity index (χ0v) is 29.9. The van der Waals surface area contributed by atoms with Gasteiger partial charge in [-0.15, -0.1) is 23.2 Å². The molecule has 12 heteroatoms. The molecule has 4 aliphatic rings. The summed E-state index contributed by atoms with van der Waals surface area (Å²) in [5.74, 6) is -3.80. The van der Waals surface area contributed by atoms with Crippen molar-refractivity contribution < 1.29 is 38.5 Å². The summed E-state index contributed by atoms with van der Waals surface area (Å²) in [5, 5.41) is 10.5. The second kappa shape index (κ2) is 12.8. The van der Waals surface area contributed by atoms with E-state index in [0.717, 1.165) is 16.0 Å². The summed E-state index contributed by atoms with van der Waals surface area (Å²) in [4.78, 5) is 54.3. The highest BCUT2D eigenvalue weighted by molar-refractivity contribution is 6.53. The third kappa shape index (κ3) is 5.13. The number of halogens is 2. The van der Waals surface area contributed by atoms with Crippen molar-refractivity contribution in [3.63, 3.8) is 0 Å². The highest BCUT2D eigenvalue weighted by Crippen LogP contribution is 2.65. The predicted molar refractivity (Wildman–Crippen MR) is 192 cm³/mol. The molecule has 0 aromatic heterocycles. The molecular formula is C39H36Cl2N2O8. The fraction of sp³-hybridized carbons (Fsp3) is 0.333. The van der Waals surface area contributed by atoms with Gasteiger partial charge in [-0.05, 0) is 79.3 Å². The third-order valence-corrected chi connectivity index (χ3v) is 12.1. The summed E-state index contributed by atoms with van der Waals surface area (Å²) in [7, 11) is 4.53. The van der Waals surface area contributed by atoms with Crippen LogP contribution in [0.25, 0.3) is 12.2 Å². The molecule has 7 rings (SSSR count). The minimum atomic E-state index is -1.93. The fourth-order valence-corrected chi connectivity index (χ4v) is 9.26. The van der Waals surface area contributed by atoms with Crippen LogP contribution in [0.15, 0.2) is 72.3 Å². The van der Waals surface area contributed by atoms with Crippen LogP contribution in [0.1, 0.15) is 42.4 Å². The number of rotatable bonds is 8. The number of hydrogen-bond donors (Lipinski definition) is 1. The standard InChI is InChI=1S/C39H36Cl2N2O8/c1-5-51-31-19-23(10-16-29(31)44)33-26-14-15-27-32(28(26)20-38(40)36(47)42(2)37(48)39(33,38)41)35(46)43(34(27)45)24-11-7-21(8-12-24)6-9-22-18-25(49-3)13-17-30(22)50-4/h6-14,16-19,27-28,32-33,44H,5,15,20H2,1-4H3. The summed E-state index contributed by atoms with van der Waals surface area (Å²) in [6.07, 6.45) is 5.77. The lowest BCUT2D eigenvalue weighted by Gasteiger charge is -2.50. The quantitative estimate of drug-likeness (QED) is 0.126. The van der Waals surface area contributed by atoms with E-state index in [4.69, 9.17) is 37.4 Å². The minimum absolute atomic E-state index is 0.105. The lowest BCUT2D eigenvalue weighted by Crippen LogP contribution is -2.60. The molecule has 1 N–H and O–H groups in total. The molecule has 0 radical (unpaired) electrons. The normalized spacial score (nSPS) is 28.5. The van der Waals surface area contributed by atoms with E-state index in [1.54, 1.807) is 45.4 Å². The number of allylic oxidation sites excluding steroid dienone is 2. The number of carbonyl (C=O) groups excluding carboxylic acids is 4. The van der Waals surface area contributed by atoms with E-state index in [0.29, 0.717) is 28.3 Å². The number of aromatic hydroxyl groups is 1. The summed E-state index contributed by atoms with van der Waals surface area (Å²) in [5.41, 5.74) is 3.21. The van der Waals surface area contributed by atoms with E-state index in [1.165, 1.54) is 18.0 Å². The second-order valence-electron chi connectivity index (χ2n) is 13.2. The Morgan fingerprint density at radius 2 is 1.63 bits per heavy atom. The number of phenols is 1. The van der Waals surface area contributed by atoms with Gasteiger partial charge < -0.3 is 19.3 Å². The Kier molecular flexibility index (Phi) is 8.66. The van der Waals surface area contributed by atoms with Crippen molar-refractivity contribution >= 4 is 64.7 Å². The molecule has 2 heterocycles. The van der Waals surface area contributed by atoms with Crippen LogP contribution >= 0.6 is 23.2 Å². The monoisotopic (exact) mass is 730 g/mol. The van der Waals surface area contributed by atoms with Crippen molar-refractivity contribution in [3.8, 4) is 23.0 Å². The number of amides is 4. The van der Waals surface area contributed by atoms with Crippen molar-refractivity contribution in [2.75, 3.05) is 32.8 Å².